The fourth-order valence-electron chi connectivity index (χ4n) is 2.44. The van der Waals surface area contributed by atoms with Crippen molar-refractivity contribution in [2.75, 3.05) is 0 Å². The van der Waals surface area contributed by atoms with E-state index < -0.39 is 36.6 Å². The molecule has 1 aromatic carbocycles. The first-order valence-electron chi connectivity index (χ1n) is 7.24. The molecule has 2 aromatic rings. The van der Waals surface area contributed by atoms with Crippen molar-refractivity contribution in [2.24, 2.45) is 5.10 Å². The zero-order valence-electron chi connectivity index (χ0n) is 12.8. The van der Waals surface area contributed by atoms with Crippen molar-refractivity contribution in [1.29, 1.82) is 0 Å². The molecule has 0 spiro atoms. The molecule has 1 atom stereocenters. The van der Waals surface area contributed by atoms with E-state index in [-0.39, 0.29) is 10.7 Å². The molecule has 1 amide bonds. The SMILES string of the molecule is O=C(c1cc(-c2cccc(Br)c2)n[nH]1)N1N=C(C(F)F)C[C@]1(O)C(F)F. The summed E-state index contributed by atoms with van der Waals surface area (Å²) in [6.45, 7) is 0. The first-order chi connectivity index (χ1) is 12.2. The van der Waals surface area contributed by atoms with Crippen molar-refractivity contribution in [3.8, 4) is 11.3 Å². The van der Waals surface area contributed by atoms with Crippen LogP contribution in [-0.2, 0) is 0 Å². The van der Waals surface area contributed by atoms with Crippen molar-refractivity contribution in [1.82, 2.24) is 15.2 Å². The van der Waals surface area contributed by atoms with Gasteiger partial charge in [-0.25, -0.2) is 17.6 Å². The minimum Gasteiger partial charge on any atom is -0.364 e. The van der Waals surface area contributed by atoms with Crippen LogP contribution < -0.4 is 0 Å². The summed E-state index contributed by atoms with van der Waals surface area (Å²) >= 11 is 3.28. The molecule has 2 N–H and O–H groups in total. The van der Waals surface area contributed by atoms with Crippen LogP contribution in [0.25, 0.3) is 11.3 Å². The van der Waals surface area contributed by atoms with Crippen LogP contribution in [0.5, 0.6) is 0 Å². The Morgan fingerprint density at radius 1 is 1.31 bits per heavy atom. The second-order valence-corrected chi connectivity index (χ2v) is 6.46. The Morgan fingerprint density at radius 3 is 2.65 bits per heavy atom. The molecule has 1 aliphatic heterocycles. The molecule has 2 heterocycles. The summed E-state index contributed by atoms with van der Waals surface area (Å²) in [6, 6.07) is 8.17. The first kappa shape index (κ1) is 18.5. The number of carbonyl (C=O) groups is 1. The number of hydrogen-bond acceptors (Lipinski definition) is 4. The van der Waals surface area contributed by atoms with Crippen LogP contribution >= 0.6 is 15.9 Å². The average molecular weight is 435 g/mol. The van der Waals surface area contributed by atoms with Crippen molar-refractivity contribution in [3.05, 3.63) is 40.5 Å². The number of aromatic nitrogens is 2. The van der Waals surface area contributed by atoms with Crippen LogP contribution in [0.4, 0.5) is 17.6 Å². The van der Waals surface area contributed by atoms with Crippen LogP contribution in [0.3, 0.4) is 0 Å². The lowest BCUT2D eigenvalue weighted by atomic mass is 10.1. The molecule has 1 aliphatic rings. The van der Waals surface area contributed by atoms with Gasteiger partial charge in [-0.2, -0.15) is 15.2 Å². The summed E-state index contributed by atoms with van der Waals surface area (Å²) in [7, 11) is 0. The molecule has 26 heavy (non-hydrogen) atoms. The lowest BCUT2D eigenvalue weighted by molar-refractivity contribution is -0.164. The van der Waals surface area contributed by atoms with E-state index in [1.807, 2.05) is 0 Å². The Morgan fingerprint density at radius 2 is 2.04 bits per heavy atom. The molecule has 138 valence electrons. The van der Waals surface area contributed by atoms with Crippen LogP contribution in [-0.4, -0.2) is 50.5 Å². The van der Waals surface area contributed by atoms with Crippen LogP contribution in [0, 0.1) is 0 Å². The van der Waals surface area contributed by atoms with E-state index in [1.165, 1.54) is 6.07 Å². The largest absolute Gasteiger partial charge is 0.364 e. The van der Waals surface area contributed by atoms with Gasteiger partial charge in [0.2, 0.25) is 5.72 Å². The van der Waals surface area contributed by atoms with E-state index in [4.69, 9.17) is 0 Å². The number of amides is 1. The maximum atomic E-state index is 13.2. The summed E-state index contributed by atoms with van der Waals surface area (Å²) in [5.41, 5.74) is -3.46. The molecule has 1 aromatic heterocycles. The van der Waals surface area contributed by atoms with Gasteiger partial charge in [-0.15, -0.1) is 0 Å². The van der Waals surface area contributed by atoms with Gasteiger partial charge in [0.1, 0.15) is 11.4 Å². The highest BCUT2D eigenvalue weighted by Gasteiger charge is 2.53. The van der Waals surface area contributed by atoms with Gasteiger partial charge in [0, 0.05) is 16.5 Å². The number of halogens is 5. The van der Waals surface area contributed by atoms with Gasteiger partial charge >= 0.3 is 0 Å². The predicted octanol–water partition coefficient (Wildman–Crippen LogP) is 3.26. The number of hydrazone groups is 1. The minimum atomic E-state index is -3.49. The number of benzene rings is 1. The summed E-state index contributed by atoms with van der Waals surface area (Å²) in [6.07, 6.45) is -7.79. The Bertz CT molecular complexity index is 873. The second-order valence-electron chi connectivity index (χ2n) is 5.54. The van der Waals surface area contributed by atoms with E-state index in [0.717, 1.165) is 4.47 Å². The highest BCUT2D eigenvalue weighted by atomic mass is 79.9. The molecule has 3 rings (SSSR count). The lowest BCUT2D eigenvalue weighted by Gasteiger charge is -2.29. The molecule has 0 bridgehead atoms. The van der Waals surface area contributed by atoms with E-state index in [9.17, 15) is 27.5 Å². The molecule has 11 heteroatoms. The number of nitrogens with one attached hydrogen (secondary N) is 1. The quantitative estimate of drug-likeness (QED) is 0.724. The fraction of sp³-hybridized carbons (Fsp3) is 0.267. The third-order valence-electron chi connectivity index (χ3n) is 3.76. The number of H-pyrrole nitrogens is 1. The standard InChI is InChI=1S/C15H11BrF4N4O2/c16-8-3-1-2-7(4-8)9-5-10(22-21-9)13(25)24-15(26,14(19)20)6-11(23-24)12(17)18/h1-5,12,14,26H,6H2,(H,21,22)/t15-/m0/s1. The Labute approximate surface area is 152 Å². The molecule has 0 saturated heterocycles. The monoisotopic (exact) mass is 434 g/mol. The zero-order valence-corrected chi connectivity index (χ0v) is 14.4. The molecule has 0 saturated carbocycles. The minimum absolute atomic E-state index is 0.0165. The number of nitrogens with zero attached hydrogens (tertiary/aromatic N) is 3. The number of carbonyl (C=O) groups excluding carboxylic acids is 1. The molecule has 0 aliphatic carbocycles. The Kier molecular flexibility index (Phi) is 4.84. The summed E-state index contributed by atoms with van der Waals surface area (Å²) in [5, 5.41) is 19.4. The second kappa shape index (κ2) is 6.80. The number of aromatic amines is 1. The van der Waals surface area contributed by atoms with Crippen molar-refractivity contribution in [3.63, 3.8) is 0 Å². The van der Waals surface area contributed by atoms with Gasteiger partial charge < -0.3 is 5.11 Å². The molecule has 6 nitrogen and oxygen atoms in total. The highest BCUT2D eigenvalue weighted by Crippen LogP contribution is 2.34. The van der Waals surface area contributed by atoms with Gasteiger partial charge in [0.15, 0.2) is 0 Å². The van der Waals surface area contributed by atoms with Crippen LogP contribution in [0.15, 0.2) is 39.9 Å². The normalized spacial score (nSPS) is 20.2. The van der Waals surface area contributed by atoms with Gasteiger partial charge in [-0.3, -0.25) is 9.89 Å². The van der Waals surface area contributed by atoms with E-state index in [1.54, 1.807) is 24.3 Å². The number of alkyl halides is 4. The Balaban J connectivity index is 1.93. The van der Waals surface area contributed by atoms with Gasteiger partial charge in [0.25, 0.3) is 18.8 Å². The smallest absolute Gasteiger partial charge is 0.294 e. The van der Waals surface area contributed by atoms with Crippen LogP contribution in [0.2, 0.25) is 0 Å². The third kappa shape index (κ3) is 3.23. The molecule has 0 radical (unpaired) electrons. The van der Waals surface area contributed by atoms with E-state index in [0.29, 0.717) is 11.3 Å². The lowest BCUT2D eigenvalue weighted by Crippen LogP contribution is -2.51. The van der Waals surface area contributed by atoms with Crippen molar-refractivity contribution >= 4 is 27.5 Å². The molecular weight excluding hydrogens is 424 g/mol. The van der Waals surface area contributed by atoms with Crippen molar-refractivity contribution in [2.45, 2.75) is 25.0 Å². The summed E-state index contributed by atoms with van der Waals surface area (Å²) < 4.78 is 52.8. The zero-order chi connectivity index (χ0) is 19.1. The Hall–Kier alpha value is -2.27. The number of aliphatic hydroxyl groups is 1. The van der Waals surface area contributed by atoms with Crippen LogP contribution in [0.1, 0.15) is 16.9 Å². The molecule has 0 fully saturated rings. The fourth-order valence-corrected chi connectivity index (χ4v) is 2.84. The summed E-state index contributed by atoms with van der Waals surface area (Å²) in [4.78, 5) is 12.4. The maximum absolute atomic E-state index is 13.2. The predicted molar refractivity (Wildman–Crippen MR) is 86.9 cm³/mol. The third-order valence-corrected chi connectivity index (χ3v) is 4.25. The molecule has 0 unspecified atom stereocenters. The van der Waals surface area contributed by atoms with E-state index in [2.05, 4.69) is 31.2 Å². The topological polar surface area (TPSA) is 81.6 Å². The summed E-state index contributed by atoms with van der Waals surface area (Å²) in [5.74, 6) is -1.20. The van der Waals surface area contributed by atoms with Crippen molar-refractivity contribution < 1.29 is 27.5 Å². The maximum Gasteiger partial charge on any atom is 0.294 e. The first-order valence-corrected chi connectivity index (χ1v) is 8.03. The van der Waals surface area contributed by atoms with Gasteiger partial charge in [-0.1, -0.05) is 28.1 Å². The van der Waals surface area contributed by atoms with Gasteiger partial charge in [0.05, 0.1) is 5.69 Å². The van der Waals surface area contributed by atoms with E-state index >= 15 is 0 Å². The number of rotatable bonds is 4. The average Bonchev–Trinajstić information content (AvgIpc) is 3.20. The highest BCUT2D eigenvalue weighted by molar-refractivity contribution is 9.10. The number of hydrogen-bond donors (Lipinski definition) is 2. The molecular formula is C15H11BrF4N4O2. The van der Waals surface area contributed by atoms with Gasteiger partial charge in [-0.05, 0) is 18.2 Å².